The Morgan fingerprint density at radius 2 is 1.96 bits per heavy atom. The molecule has 2 aromatic carbocycles. The molecule has 1 heterocycles. The van der Waals surface area contributed by atoms with Crippen LogP contribution in [-0.4, -0.2) is 30.4 Å². The van der Waals surface area contributed by atoms with E-state index in [-0.39, 0.29) is 24.3 Å². The minimum atomic E-state index is -0.279. The second kappa shape index (κ2) is 8.74. The molecule has 1 unspecified atom stereocenters. The fourth-order valence-electron chi connectivity index (χ4n) is 3.53. The molecule has 0 aliphatic carbocycles. The number of aryl methyl sites for hydroxylation is 1. The number of nitrogens with zero attached hydrogens (tertiary/aromatic N) is 1. The van der Waals surface area contributed by atoms with Gasteiger partial charge >= 0.3 is 0 Å². The summed E-state index contributed by atoms with van der Waals surface area (Å²) in [4.78, 5) is 26.2. The Labute approximate surface area is 166 Å². The first-order valence-corrected chi connectivity index (χ1v) is 9.46. The van der Waals surface area contributed by atoms with E-state index in [2.05, 4.69) is 5.32 Å². The maximum atomic E-state index is 12.6. The minimum absolute atomic E-state index is 0.0690. The van der Waals surface area contributed by atoms with Crippen LogP contribution in [0.15, 0.2) is 48.7 Å². The van der Waals surface area contributed by atoms with Crippen LogP contribution in [0.2, 0.25) is 0 Å². The third kappa shape index (κ3) is 4.42. The first kappa shape index (κ1) is 19.7. The Bertz CT molecular complexity index is 904. The van der Waals surface area contributed by atoms with E-state index in [1.165, 1.54) is 6.92 Å². The molecule has 0 saturated heterocycles. The first-order valence-electron chi connectivity index (χ1n) is 9.46. The Kier molecular flexibility index (Phi) is 6.14. The number of methoxy groups -OCH3 is 1. The summed E-state index contributed by atoms with van der Waals surface area (Å²) >= 11 is 0. The highest BCUT2D eigenvalue weighted by atomic mass is 16.5. The van der Waals surface area contributed by atoms with Crippen LogP contribution in [0.3, 0.4) is 0 Å². The largest absolute Gasteiger partial charge is 0.496 e. The van der Waals surface area contributed by atoms with Crippen LogP contribution in [-0.2, 0) is 16.0 Å². The van der Waals surface area contributed by atoms with Gasteiger partial charge in [-0.15, -0.1) is 0 Å². The molecule has 5 heteroatoms. The van der Waals surface area contributed by atoms with Crippen molar-refractivity contribution in [2.24, 2.45) is 0 Å². The molecule has 0 aromatic heterocycles. The number of carbonyl (C=O) groups is 2. The van der Waals surface area contributed by atoms with E-state index < -0.39 is 0 Å². The van der Waals surface area contributed by atoms with Gasteiger partial charge in [-0.25, -0.2) is 0 Å². The number of ether oxygens (including phenoxy) is 1. The summed E-state index contributed by atoms with van der Waals surface area (Å²) in [5, 5.41) is 2.98. The van der Waals surface area contributed by atoms with E-state index >= 15 is 0 Å². The van der Waals surface area contributed by atoms with Gasteiger partial charge in [0.2, 0.25) is 11.8 Å². The van der Waals surface area contributed by atoms with Crippen molar-refractivity contribution in [2.75, 3.05) is 13.7 Å². The van der Waals surface area contributed by atoms with Crippen molar-refractivity contribution in [3.8, 4) is 5.75 Å². The summed E-state index contributed by atoms with van der Waals surface area (Å²) in [5.41, 5.74) is 4.24. The number of fused-ring (bicyclic) bond motifs is 1. The molecular weight excluding hydrogens is 352 g/mol. The standard InChI is InChI=1S/C23H26N2O3/c1-16-8-9-18(14-22(16)28-3)10-12-24-23(27)15-21-20-7-5-4-6-19(20)11-13-25(21)17(2)26/h4-9,11,13-14,21H,10,12,15H2,1-3H3,(H,24,27). The van der Waals surface area contributed by atoms with Crippen LogP contribution in [0.1, 0.15) is 41.6 Å². The topological polar surface area (TPSA) is 58.6 Å². The number of hydrogen-bond acceptors (Lipinski definition) is 3. The SMILES string of the molecule is COc1cc(CCNC(=O)CC2c3ccccc3C=CN2C(C)=O)ccc1C. The molecule has 1 aliphatic rings. The van der Waals surface area contributed by atoms with E-state index in [0.29, 0.717) is 6.54 Å². The Balaban J connectivity index is 1.62. The van der Waals surface area contributed by atoms with Gasteiger partial charge in [0.05, 0.1) is 19.6 Å². The van der Waals surface area contributed by atoms with Gasteiger partial charge in [-0.3, -0.25) is 9.59 Å². The zero-order valence-electron chi connectivity index (χ0n) is 16.6. The normalized spacial score (nSPS) is 15.1. The smallest absolute Gasteiger partial charge is 0.223 e. The molecule has 2 aromatic rings. The number of carbonyl (C=O) groups excluding carboxylic acids is 2. The second-order valence-electron chi connectivity index (χ2n) is 6.99. The molecule has 1 atom stereocenters. The fourth-order valence-corrected chi connectivity index (χ4v) is 3.53. The molecule has 0 spiro atoms. The van der Waals surface area contributed by atoms with Crippen LogP contribution < -0.4 is 10.1 Å². The van der Waals surface area contributed by atoms with Crippen LogP contribution >= 0.6 is 0 Å². The summed E-state index contributed by atoms with van der Waals surface area (Å²) in [7, 11) is 1.66. The predicted molar refractivity (Wildman–Crippen MR) is 110 cm³/mol. The average Bonchev–Trinajstić information content (AvgIpc) is 2.69. The van der Waals surface area contributed by atoms with Crippen LogP contribution in [0, 0.1) is 6.92 Å². The van der Waals surface area contributed by atoms with E-state index in [4.69, 9.17) is 4.74 Å². The fraction of sp³-hybridized carbons (Fsp3) is 0.304. The van der Waals surface area contributed by atoms with Crippen molar-refractivity contribution in [1.29, 1.82) is 0 Å². The minimum Gasteiger partial charge on any atom is -0.496 e. The number of rotatable bonds is 6. The molecule has 1 aliphatic heterocycles. The summed E-state index contributed by atoms with van der Waals surface area (Å²) in [6.07, 6.45) is 4.63. The molecule has 146 valence electrons. The molecule has 0 bridgehead atoms. The lowest BCUT2D eigenvalue weighted by atomic mass is 9.93. The van der Waals surface area contributed by atoms with Crippen molar-refractivity contribution in [1.82, 2.24) is 10.2 Å². The summed E-state index contributed by atoms with van der Waals surface area (Å²) < 4.78 is 5.35. The maximum Gasteiger partial charge on any atom is 0.223 e. The highest BCUT2D eigenvalue weighted by Gasteiger charge is 2.27. The molecule has 0 radical (unpaired) electrons. The maximum absolute atomic E-state index is 12.6. The summed E-state index contributed by atoms with van der Waals surface area (Å²) in [6, 6.07) is 13.7. The van der Waals surface area contributed by atoms with Crippen LogP contribution in [0.4, 0.5) is 0 Å². The summed E-state index contributed by atoms with van der Waals surface area (Å²) in [5.74, 6) is 0.710. The molecule has 0 fully saturated rings. The average molecular weight is 378 g/mol. The van der Waals surface area contributed by atoms with Crippen molar-refractivity contribution in [2.45, 2.75) is 32.7 Å². The predicted octanol–water partition coefficient (Wildman–Crippen LogP) is 3.63. The lowest BCUT2D eigenvalue weighted by Gasteiger charge is -2.32. The van der Waals surface area contributed by atoms with Crippen molar-refractivity contribution in [3.05, 3.63) is 70.9 Å². The van der Waals surface area contributed by atoms with Gasteiger partial charge in [0.25, 0.3) is 0 Å². The molecule has 1 N–H and O–H groups in total. The number of hydrogen-bond donors (Lipinski definition) is 1. The van der Waals surface area contributed by atoms with Gasteiger partial charge in [0.1, 0.15) is 5.75 Å². The second-order valence-corrected chi connectivity index (χ2v) is 6.99. The van der Waals surface area contributed by atoms with Crippen LogP contribution in [0.25, 0.3) is 6.08 Å². The number of amides is 2. The molecule has 28 heavy (non-hydrogen) atoms. The third-order valence-electron chi connectivity index (χ3n) is 5.06. The van der Waals surface area contributed by atoms with Gasteiger partial charge in [0, 0.05) is 19.7 Å². The molecule has 3 rings (SSSR count). The zero-order chi connectivity index (χ0) is 20.1. The monoisotopic (exact) mass is 378 g/mol. The lowest BCUT2D eigenvalue weighted by molar-refractivity contribution is -0.129. The summed E-state index contributed by atoms with van der Waals surface area (Å²) in [6.45, 7) is 4.06. The van der Waals surface area contributed by atoms with Gasteiger partial charge in [-0.05, 0) is 47.7 Å². The van der Waals surface area contributed by atoms with Crippen molar-refractivity contribution >= 4 is 17.9 Å². The van der Waals surface area contributed by atoms with E-state index in [0.717, 1.165) is 34.4 Å². The van der Waals surface area contributed by atoms with Crippen LogP contribution in [0.5, 0.6) is 5.75 Å². The van der Waals surface area contributed by atoms with Crippen molar-refractivity contribution in [3.63, 3.8) is 0 Å². The van der Waals surface area contributed by atoms with Gasteiger partial charge in [0.15, 0.2) is 0 Å². The lowest BCUT2D eigenvalue weighted by Crippen LogP contribution is -2.35. The van der Waals surface area contributed by atoms with E-state index in [9.17, 15) is 9.59 Å². The van der Waals surface area contributed by atoms with Crippen molar-refractivity contribution < 1.29 is 14.3 Å². The Hall–Kier alpha value is -3.08. The molecular formula is C23H26N2O3. The highest BCUT2D eigenvalue weighted by Crippen LogP contribution is 2.32. The zero-order valence-corrected chi connectivity index (χ0v) is 16.6. The molecule has 0 saturated carbocycles. The van der Waals surface area contributed by atoms with Gasteiger partial charge in [-0.1, -0.05) is 36.4 Å². The van der Waals surface area contributed by atoms with E-state index in [1.807, 2.05) is 55.5 Å². The molecule has 2 amide bonds. The first-order chi connectivity index (χ1) is 13.5. The quantitative estimate of drug-likeness (QED) is 0.835. The number of benzene rings is 2. The van der Waals surface area contributed by atoms with Gasteiger partial charge < -0.3 is 15.0 Å². The van der Waals surface area contributed by atoms with Gasteiger partial charge in [-0.2, -0.15) is 0 Å². The highest BCUT2D eigenvalue weighted by molar-refractivity contribution is 5.81. The Morgan fingerprint density at radius 3 is 2.71 bits per heavy atom. The molecule has 5 nitrogen and oxygen atoms in total. The third-order valence-corrected chi connectivity index (χ3v) is 5.06. The number of nitrogens with one attached hydrogen (secondary N) is 1. The Morgan fingerprint density at radius 1 is 1.18 bits per heavy atom. The van der Waals surface area contributed by atoms with E-state index in [1.54, 1.807) is 18.2 Å².